The van der Waals surface area contributed by atoms with Crippen LogP contribution < -0.4 is 15.0 Å². The topological polar surface area (TPSA) is 125 Å². The monoisotopic (exact) mass is 573 g/mol. The molecule has 12 heteroatoms. The van der Waals surface area contributed by atoms with Crippen LogP contribution in [0.5, 0.6) is 5.75 Å². The summed E-state index contributed by atoms with van der Waals surface area (Å²) in [7, 11) is 5.46. The van der Waals surface area contributed by atoms with Crippen molar-refractivity contribution < 1.29 is 14.3 Å². The largest absolute Gasteiger partial charge is 0.491 e. The molecule has 1 atom stereocenters. The molecule has 0 bridgehead atoms. The summed E-state index contributed by atoms with van der Waals surface area (Å²) < 4.78 is 11.2. The Morgan fingerprint density at radius 3 is 2.52 bits per heavy atom. The summed E-state index contributed by atoms with van der Waals surface area (Å²) in [5.74, 6) is 2.61. The van der Waals surface area contributed by atoms with E-state index in [0.29, 0.717) is 42.1 Å². The molecule has 1 saturated heterocycles. The highest BCUT2D eigenvalue weighted by Gasteiger charge is 2.28. The molecule has 0 spiro atoms. The summed E-state index contributed by atoms with van der Waals surface area (Å²) in [4.78, 5) is 39.9. The summed E-state index contributed by atoms with van der Waals surface area (Å²) in [6.07, 6.45) is 3.09. The van der Waals surface area contributed by atoms with Crippen LogP contribution in [0, 0.1) is 0 Å². The number of ether oxygens (including phenoxy) is 2. The lowest BCUT2D eigenvalue weighted by atomic mass is 10.1. The highest BCUT2D eigenvalue weighted by molar-refractivity contribution is 5.85. The molecule has 12 nitrogen and oxygen atoms in total. The Kier molecular flexibility index (Phi) is 8.17. The number of amides is 1. The Hall–Kier alpha value is -4.45. The van der Waals surface area contributed by atoms with Gasteiger partial charge in [-0.05, 0) is 57.5 Å². The summed E-state index contributed by atoms with van der Waals surface area (Å²) >= 11 is 0. The number of hydrogen-bond donors (Lipinski definition) is 2. The number of pyridine rings is 1. The summed E-state index contributed by atoms with van der Waals surface area (Å²) in [6, 6.07) is 10.1. The zero-order chi connectivity index (χ0) is 30.0. The van der Waals surface area contributed by atoms with Crippen LogP contribution in [0.2, 0.25) is 0 Å². The van der Waals surface area contributed by atoms with Gasteiger partial charge in [-0.2, -0.15) is 0 Å². The summed E-state index contributed by atoms with van der Waals surface area (Å²) in [5.41, 5.74) is 3.90. The first-order valence-electron chi connectivity index (χ1n) is 14.0. The number of carbonyl (C=O) groups excluding carboxylic acids is 1. The number of aromatic amines is 1. The zero-order valence-corrected chi connectivity index (χ0v) is 25.3. The number of anilines is 3. The number of benzene rings is 1. The Bertz CT molecular complexity index is 1560. The standard InChI is InChI=1S/C30H39N9O3/c1-19(38-12-14-39(15-13-38)29(40)42-30(2,3)4)20-10-11-31-24(17-20)36-28-34-22-9-8-21(16-23(22)35-28)25-26(41-7)27(37(5)6)33-18-32-25/h8-11,16-19H,12-15H2,1-7H3,(H2,31,34,35,36). The van der Waals surface area contributed by atoms with E-state index in [-0.39, 0.29) is 12.1 Å². The third-order valence-electron chi connectivity index (χ3n) is 7.19. The van der Waals surface area contributed by atoms with E-state index in [1.807, 2.05) is 70.1 Å². The molecule has 5 rings (SSSR count). The van der Waals surface area contributed by atoms with Crippen molar-refractivity contribution in [2.45, 2.75) is 39.3 Å². The lowest BCUT2D eigenvalue weighted by Crippen LogP contribution is -2.50. The molecule has 1 aliphatic rings. The molecule has 1 unspecified atom stereocenters. The van der Waals surface area contributed by atoms with Crippen LogP contribution in [0.3, 0.4) is 0 Å². The van der Waals surface area contributed by atoms with E-state index in [4.69, 9.17) is 14.5 Å². The molecule has 42 heavy (non-hydrogen) atoms. The first-order chi connectivity index (χ1) is 20.0. The van der Waals surface area contributed by atoms with Crippen LogP contribution in [0.4, 0.5) is 22.4 Å². The lowest BCUT2D eigenvalue weighted by Gasteiger charge is -2.38. The van der Waals surface area contributed by atoms with Crippen molar-refractivity contribution in [3.8, 4) is 17.0 Å². The predicted molar refractivity (Wildman–Crippen MR) is 163 cm³/mol. The third-order valence-corrected chi connectivity index (χ3v) is 7.19. The number of methoxy groups -OCH3 is 1. The molecular weight excluding hydrogens is 534 g/mol. The molecule has 1 fully saturated rings. The smallest absolute Gasteiger partial charge is 0.410 e. The number of H-pyrrole nitrogens is 1. The summed E-state index contributed by atoms with van der Waals surface area (Å²) in [5, 5.41) is 3.32. The van der Waals surface area contributed by atoms with Crippen molar-refractivity contribution in [1.82, 2.24) is 34.7 Å². The van der Waals surface area contributed by atoms with Gasteiger partial charge in [0.2, 0.25) is 5.95 Å². The van der Waals surface area contributed by atoms with Crippen molar-refractivity contribution in [3.05, 3.63) is 48.4 Å². The second kappa shape index (κ2) is 11.8. The number of nitrogens with zero attached hydrogens (tertiary/aromatic N) is 7. The Morgan fingerprint density at radius 2 is 1.83 bits per heavy atom. The van der Waals surface area contributed by atoms with Gasteiger partial charge in [-0.25, -0.2) is 24.7 Å². The Morgan fingerprint density at radius 1 is 1.07 bits per heavy atom. The minimum atomic E-state index is -0.496. The minimum absolute atomic E-state index is 0.155. The normalized spacial score (nSPS) is 15.0. The van der Waals surface area contributed by atoms with Crippen molar-refractivity contribution in [2.75, 3.05) is 57.6 Å². The van der Waals surface area contributed by atoms with Crippen molar-refractivity contribution in [1.29, 1.82) is 0 Å². The fraction of sp³-hybridized carbons (Fsp3) is 0.433. The van der Waals surface area contributed by atoms with Gasteiger partial charge in [-0.15, -0.1) is 0 Å². The second-order valence-corrected chi connectivity index (χ2v) is 11.6. The van der Waals surface area contributed by atoms with Gasteiger partial charge in [0.05, 0.1) is 18.1 Å². The molecule has 0 aliphatic carbocycles. The number of fused-ring (bicyclic) bond motifs is 1. The van der Waals surface area contributed by atoms with Gasteiger partial charge in [0.1, 0.15) is 23.4 Å². The SMILES string of the molecule is COc1c(-c2ccc3nc(Nc4cc(C(C)N5CCN(C(=O)OC(C)(C)C)CC5)ccn4)[nH]c3c2)ncnc1N(C)C. The van der Waals surface area contributed by atoms with E-state index in [2.05, 4.69) is 37.1 Å². The van der Waals surface area contributed by atoms with Crippen LogP contribution in [0.1, 0.15) is 39.3 Å². The fourth-order valence-electron chi connectivity index (χ4n) is 5.02. The van der Waals surface area contributed by atoms with Gasteiger partial charge in [-0.3, -0.25) is 4.90 Å². The van der Waals surface area contributed by atoms with Gasteiger partial charge in [0.15, 0.2) is 11.6 Å². The second-order valence-electron chi connectivity index (χ2n) is 11.6. The summed E-state index contributed by atoms with van der Waals surface area (Å²) in [6.45, 7) is 10.6. The van der Waals surface area contributed by atoms with Crippen molar-refractivity contribution >= 4 is 34.7 Å². The zero-order valence-electron chi connectivity index (χ0n) is 25.3. The molecule has 4 aromatic rings. The van der Waals surface area contributed by atoms with E-state index in [1.165, 1.54) is 6.33 Å². The highest BCUT2D eigenvalue weighted by atomic mass is 16.6. The van der Waals surface area contributed by atoms with E-state index >= 15 is 0 Å². The molecule has 1 aromatic carbocycles. The molecule has 2 N–H and O–H groups in total. The van der Waals surface area contributed by atoms with Crippen LogP contribution in [-0.4, -0.2) is 93.8 Å². The molecule has 1 aliphatic heterocycles. The molecule has 0 radical (unpaired) electrons. The number of imidazole rings is 1. The van der Waals surface area contributed by atoms with E-state index in [0.717, 1.165) is 35.2 Å². The van der Waals surface area contributed by atoms with E-state index < -0.39 is 5.60 Å². The lowest BCUT2D eigenvalue weighted by molar-refractivity contribution is 0.0110. The maximum absolute atomic E-state index is 12.4. The Labute approximate surface area is 246 Å². The molecule has 0 saturated carbocycles. The van der Waals surface area contributed by atoms with Gasteiger partial charge in [0.25, 0.3) is 0 Å². The predicted octanol–water partition coefficient (Wildman–Crippen LogP) is 4.85. The van der Waals surface area contributed by atoms with Gasteiger partial charge < -0.3 is 29.6 Å². The number of piperazine rings is 1. The van der Waals surface area contributed by atoms with E-state index in [1.54, 1.807) is 18.2 Å². The maximum Gasteiger partial charge on any atom is 0.410 e. The molecular formula is C30H39N9O3. The van der Waals surface area contributed by atoms with Gasteiger partial charge in [-0.1, -0.05) is 6.07 Å². The van der Waals surface area contributed by atoms with Crippen LogP contribution in [-0.2, 0) is 4.74 Å². The van der Waals surface area contributed by atoms with Gasteiger partial charge >= 0.3 is 6.09 Å². The van der Waals surface area contributed by atoms with Crippen molar-refractivity contribution in [2.24, 2.45) is 0 Å². The minimum Gasteiger partial charge on any atom is -0.491 e. The molecule has 222 valence electrons. The van der Waals surface area contributed by atoms with E-state index in [9.17, 15) is 4.79 Å². The molecule has 3 aromatic heterocycles. The number of rotatable bonds is 7. The fourth-order valence-corrected chi connectivity index (χ4v) is 5.02. The van der Waals surface area contributed by atoms with Crippen LogP contribution in [0.15, 0.2) is 42.9 Å². The first-order valence-corrected chi connectivity index (χ1v) is 14.0. The molecule has 4 heterocycles. The van der Waals surface area contributed by atoms with Crippen LogP contribution in [0.25, 0.3) is 22.3 Å². The van der Waals surface area contributed by atoms with Gasteiger partial charge in [0, 0.05) is 58.1 Å². The number of carbonyl (C=O) groups is 1. The quantitative estimate of drug-likeness (QED) is 0.317. The highest BCUT2D eigenvalue weighted by Crippen LogP contribution is 2.35. The maximum atomic E-state index is 12.4. The van der Waals surface area contributed by atoms with Crippen molar-refractivity contribution in [3.63, 3.8) is 0 Å². The number of nitrogens with one attached hydrogen (secondary N) is 2. The Balaban J connectivity index is 1.28. The number of hydrogen-bond acceptors (Lipinski definition) is 10. The first kappa shape index (κ1) is 29.1. The average molecular weight is 574 g/mol. The average Bonchev–Trinajstić information content (AvgIpc) is 3.37. The number of aromatic nitrogens is 5. The van der Waals surface area contributed by atoms with Crippen LogP contribution >= 0.6 is 0 Å². The molecule has 1 amide bonds. The third kappa shape index (κ3) is 6.38.